The number of benzene rings is 1. The lowest BCUT2D eigenvalue weighted by molar-refractivity contribution is -0.141. The molecule has 14 heteroatoms. The molecule has 230 valence electrons. The molecule has 44 heavy (non-hydrogen) atoms. The number of phenols is 1. The number of aromatic nitrogens is 4. The Morgan fingerprint density at radius 2 is 1.89 bits per heavy atom. The third-order valence-electron chi connectivity index (χ3n) is 7.46. The van der Waals surface area contributed by atoms with E-state index in [9.17, 15) is 32.7 Å². The highest BCUT2D eigenvalue weighted by Gasteiger charge is 2.46. The van der Waals surface area contributed by atoms with E-state index in [1.807, 2.05) is 0 Å². The smallest absolute Gasteiger partial charge is 0.417 e. The zero-order chi connectivity index (χ0) is 32.3. The van der Waals surface area contributed by atoms with Crippen molar-refractivity contribution in [1.82, 2.24) is 24.0 Å². The number of aryl methyl sites for hydroxylation is 1. The second kappa shape index (κ2) is 10.9. The van der Waals surface area contributed by atoms with Gasteiger partial charge in [0.1, 0.15) is 5.75 Å². The Labute approximate surface area is 252 Å². The quantitative estimate of drug-likeness (QED) is 0.179. The van der Waals surface area contributed by atoms with Crippen molar-refractivity contribution >= 4 is 28.7 Å². The van der Waals surface area contributed by atoms with Crippen molar-refractivity contribution in [2.24, 2.45) is 0 Å². The fourth-order valence-corrected chi connectivity index (χ4v) is 5.65. The summed E-state index contributed by atoms with van der Waals surface area (Å²) in [7, 11) is 0. The number of pyridine rings is 2. The first-order valence-corrected chi connectivity index (χ1v) is 13.8. The predicted molar refractivity (Wildman–Crippen MR) is 156 cm³/mol. The van der Waals surface area contributed by atoms with E-state index in [0.29, 0.717) is 11.3 Å². The Kier molecular flexibility index (Phi) is 7.65. The molecule has 4 heterocycles. The molecular weight excluding hydrogens is 606 g/mol. The summed E-state index contributed by atoms with van der Waals surface area (Å²) in [4.78, 5) is 49.3. The summed E-state index contributed by atoms with van der Waals surface area (Å²) in [6.45, 7) is 7.17. The number of fused-ring (bicyclic) bond motifs is 1. The van der Waals surface area contributed by atoms with Crippen LogP contribution in [-0.2, 0) is 17.5 Å². The maximum atomic E-state index is 15.8. The van der Waals surface area contributed by atoms with Crippen molar-refractivity contribution in [3.8, 4) is 22.7 Å². The number of phenolic OH excluding ortho intramolecular Hbond substituents is 1. The van der Waals surface area contributed by atoms with Gasteiger partial charge in [-0.05, 0) is 48.7 Å². The van der Waals surface area contributed by atoms with E-state index < -0.39 is 63.0 Å². The molecule has 4 aromatic rings. The van der Waals surface area contributed by atoms with Crippen LogP contribution in [0.3, 0.4) is 0 Å². The lowest BCUT2D eigenvalue weighted by Crippen LogP contribution is -2.63. The zero-order valence-electron chi connectivity index (χ0n) is 23.7. The van der Waals surface area contributed by atoms with Gasteiger partial charge in [0.15, 0.2) is 11.3 Å². The van der Waals surface area contributed by atoms with Crippen LogP contribution in [0.4, 0.5) is 17.6 Å². The Balaban J connectivity index is 1.88. The minimum absolute atomic E-state index is 0.157. The minimum atomic E-state index is -4.92. The summed E-state index contributed by atoms with van der Waals surface area (Å²) in [5, 5.41) is 10.2. The molecule has 1 amide bonds. The summed E-state index contributed by atoms with van der Waals surface area (Å²) in [6, 6.07) is 5.48. The highest BCUT2D eigenvalue weighted by Crippen LogP contribution is 2.44. The predicted octanol–water partition coefficient (Wildman–Crippen LogP) is 5.16. The Hall–Kier alpha value is -4.52. The first-order valence-electron chi connectivity index (χ1n) is 13.4. The van der Waals surface area contributed by atoms with E-state index in [-0.39, 0.29) is 35.9 Å². The SMILES string of the molecule is C=CC(=O)N1CC(F)(Cn2c(=O)c(=O)n(-c3c(C)ccnc3C(C)C)c3nc(-c4c(O)cccc4C(F)(F)F)c(Cl)cc32)C1. The minimum Gasteiger partial charge on any atom is -0.507 e. The number of alkyl halides is 4. The molecule has 9 nitrogen and oxygen atoms in total. The number of halogens is 5. The number of carbonyl (C=O) groups excluding carboxylic acids is 1. The highest BCUT2D eigenvalue weighted by atomic mass is 35.5. The van der Waals surface area contributed by atoms with Crippen LogP contribution in [0.5, 0.6) is 5.75 Å². The highest BCUT2D eigenvalue weighted by molar-refractivity contribution is 6.33. The maximum absolute atomic E-state index is 15.8. The molecule has 5 rings (SSSR count). The van der Waals surface area contributed by atoms with Gasteiger partial charge in [0.05, 0.1) is 58.4 Å². The third kappa shape index (κ3) is 5.14. The lowest BCUT2D eigenvalue weighted by atomic mass is 9.95. The molecule has 3 aromatic heterocycles. The average Bonchev–Trinajstić information content (AvgIpc) is 2.94. The molecule has 0 spiro atoms. The van der Waals surface area contributed by atoms with Crippen molar-refractivity contribution in [3.05, 3.63) is 91.7 Å². The fraction of sp³-hybridized carbons (Fsp3) is 0.300. The molecule has 1 saturated heterocycles. The van der Waals surface area contributed by atoms with Crippen LogP contribution in [-0.4, -0.2) is 53.8 Å². The van der Waals surface area contributed by atoms with Gasteiger partial charge in [0.25, 0.3) is 0 Å². The second-order valence-corrected chi connectivity index (χ2v) is 11.4. The topological polar surface area (TPSA) is 110 Å². The Morgan fingerprint density at radius 3 is 2.50 bits per heavy atom. The molecule has 1 aliphatic rings. The molecule has 1 aromatic carbocycles. The monoisotopic (exact) mass is 631 g/mol. The molecule has 0 bridgehead atoms. The summed E-state index contributed by atoms with van der Waals surface area (Å²) in [5.74, 6) is -1.56. The van der Waals surface area contributed by atoms with Gasteiger partial charge >= 0.3 is 17.3 Å². The van der Waals surface area contributed by atoms with Crippen LogP contribution in [0.2, 0.25) is 5.02 Å². The van der Waals surface area contributed by atoms with Crippen LogP contribution in [0.15, 0.2) is 58.8 Å². The van der Waals surface area contributed by atoms with Crippen molar-refractivity contribution in [2.75, 3.05) is 13.1 Å². The molecule has 0 aliphatic carbocycles. The molecular formula is C30H26ClF4N5O4. The molecule has 1 aliphatic heterocycles. The number of likely N-dealkylation sites (tertiary alicyclic amines) is 1. The fourth-order valence-electron chi connectivity index (χ4n) is 5.41. The Morgan fingerprint density at radius 1 is 1.20 bits per heavy atom. The van der Waals surface area contributed by atoms with Gasteiger partial charge in [-0.25, -0.2) is 9.37 Å². The average molecular weight is 632 g/mol. The number of hydrogen-bond donors (Lipinski definition) is 1. The number of nitrogens with zero attached hydrogens (tertiary/aromatic N) is 5. The normalized spacial score (nSPS) is 14.6. The number of amides is 1. The lowest BCUT2D eigenvalue weighted by Gasteiger charge is -2.44. The summed E-state index contributed by atoms with van der Waals surface area (Å²) in [6.07, 6.45) is -2.39. The van der Waals surface area contributed by atoms with E-state index in [2.05, 4.69) is 16.5 Å². The van der Waals surface area contributed by atoms with Crippen molar-refractivity contribution in [1.29, 1.82) is 0 Å². The van der Waals surface area contributed by atoms with E-state index in [4.69, 9.17) is 11.6 Å². The van der Waals surface area contributed by atoms with E-state index in [1.165, 1.54) is 6.20 Å². The maximum Gasteiger partial charge on any atom is 0.417 e. The van der Waals surface area contributed by atoms with Gasteiger partial charge in [0.2, 0.25) is 5.91 Å². The van der Waals surface area contributed by atoms with Crippen LogP contribution < -0.4 is 11.1 Å². The summed E-state index contributed by atoms with van der Waals surface area (Å²) in [5.41, 5.74) is -6.32. The van der Waals surface area contributed by atoms with Gasteiger partial charge in [0, 0.05) is 6.20 Å². The third-order valence-corrected chi connectivity index (χ3v) is 7.74. The van der Waals surface area contributed by atoms with Crippen molar-refractivity contribution < 1.29 is 27.5 Å². The van der Waals surface area contributed by atoms with Crippen LogP contribution in [0, 0.1) is 6.92 Å². The summed E-state index contributed by atoms with van der Waals surface area (Å²) >= 11 is 6.50. The van der Waals surface area contributed by atoms with Crippen LogP contribution >= 0.6 is 11.6 Å². The van der Waals surface area contributed by atoms with E-state index in [0.717, 1.165) is 44.4 Å². The number of rotatable bonds is 6. The Bertz CT molecular complexity index is 1960. The van der Waals surface area contributed by atoms with Crippen LogP contribution in [0.25, 0.3) is 28.1 Å². The molecule has 0 saturated carbocycles. The molecule has 0 unspecified atom stereocenters. The molecule has 0 atom stereocenters. The standard InChI is InChI=1S/C30H26ClF4N5O4/c1-5-21(42)38-12-29(32,13-38)14-39-19-11-18(31)24(22-17(30(33,34)35)7-6-8-20(22)41)37-26(19)40(28(44)27(39)43)25-16(4)9-10-36-23(25)15(2)3/h5-11,15,41H,1,12-14H2,2-4H3. The largest absolute Gasteiger partial charge is 0.507 e. The first-order chi connectivity index (χ1) is 20.6. The number of carbonyl (C=O) groups is 1. The molecule has 0 radical (unpaired) electrons. The summed E-state index contributed by atoms with van der Waals surface area (Å²) < 4.78 is 59.7. The second-order valence-electron chi connectivity index (χ2n) is 11.0. The van der Waals surface area contributed by atoms with Gasteiger partial charge in [-0.15, -0.1) is 0 Å². The number of aromatic hydroxyl groups is 1. The van der Waals surface area contributed by atoms with Crippen LogP contribution in [0.1, 0.15) is 36.6 Å². The first kappa shape index (κ1) is 30.9. The van der Waals surface area contributed by atoms with E-state index >= 15 is 4.39 Å². The van der Waals surface area contributed by atoms with Gasteiger partial charge in [-0.2, -0.15) is 13.2 Å². The van der Waals surface area contributed by atoms with Gasteiger partial charge in [-0.3, -0.25) is 28.5 Å². The van der Waals surface area contributed by atoms with E-state index in [1.54, 1.807) is 26.8 Å². The van der Waals surface area contributed by atoms with Gasteiger partial charge in [-0.1, -0.05) is 38.1 Å². The molecule has 1 N–H and O–H groups in total. The van der Waals surface area contributed by atoms with Crippen molar-refractivity contribution in [3.63, 3.8) is 0 Å². The number of hydrogen-bond acceptors (Lipinski definition) is 6. The van der Waals surface area contributed by atoms with Crippen molar-refractivity contribution in [2.45, 2.75) is 45.1 Å². The molecule has 1 fully saturated rings. The zero-order valence-corrected chi connectivity index (χ0v) is 24.5. The van der Waals surface area contributed by atoms with Gasteiger partial charge < -0.3 is 10.0 Å².